The molecule has 0 spiro atoms. The Balaban J connectivity index is 2.01. The minimum atomic E-state index is -3.04. The van der Waals surface area contributed by atoms with Gasteiger partial charge in [-0.3, -0.25) is 14.4 Å². The van der Waals surface area contributed by atoms with Crippen molar-refractivity contribution in [3.8, 4) is 11.5 Å². The molecule has 0 unspecified atom stereocenters. The smallest absolute Gasteiger partial charge is 0.337 e. The number of Topliss-reactive ketones (excluding diaryl/α,β-unsaturated/α-hetero) is 1. The summed E-state index contributed by atoms with van der Waals surface area (Å²) in [5.41, 5.74) is -2.52. The monoisotopic (exact) mass is 667 g/mol. The topological polar surface area (TPSA) is 188 Å². The van der Waals surface area contributed by atoms with Crippen molar-refractivity contribution >= 4 is 29.6 Å². The van der Waals surface area contributed by atoms with E-state index in [1.54, 1.807) is 36.4 Å². The van der Waals surface area contributed by atoms with Gasteiger partial charge < -0.3 is 30.5 Å². The maximum absolute atomic E-state index is 13.3. The van der Waals surface area contributed by atoms with Gasteiger partial charge in [0, 0.05) is 19.3 Å². The second kappa shape index (κ2) is 21.4. The summed E-state index contributed by atoms with van der Waals surface area (Å²) in [6, 6.07) is 14.0. The van der Waals surface area contributed by atoms with Gasteiger partial charge in [0.15, 0.2) is 5.60 Å². The molecule has 48 heavy (non-hydrogen) atoms. The zero-order valence-corrected chi connectivity index (χ0v) is 27.6. The van der Waals surface area contributed by atoms with E-state index in [0.29, 0.717) is 49.2 Å². The van der Waals surface area contributed by atoms with Crippen molar-refractivity contribution in [2.75, 3.05) is 0 Å². The zero-order valence-electron chi connectivity index (χ0n) is 27.6. The summed E-state index contributed by atoms with van der Waals surface area (Å²) in [7, 11) is 0. The summed E-state index contributed by atoms with van der Waals surface area (Å²) in [5.74, 6) is -6.78. The second-order valence-corrected chi connectivity index (χ2v) is 12.0. The number of hydrogen-bond acceptors (Lipinski definition) is 7. The Morgan fingerprint density at radius 3 is 1.96 bits per heavy atom. The van der Waals surface area contributed by atoms with E-state index in [1.165, 1.54) is 31.8 Å². The van der Waals surface area contributed by atoms with Crippen LogP contribution in [0.25, 0.3) is 0 Å². The first kappa shape index (κ1) is 39.7. The average molecular weight is 668 g/mol. The van der Waals surface area contributed by atoms with Gasteiger partial charge in [-0.25, -0.2) is 9.59 Å². The van der Waals surface area contributed by atoms with Crippen LogP contribution in [-0.4, -0.2) is 61.7 Å². The van der Waals surface area contributed by atoms with Crippen molar-refractivity contribution in [2.24, 2.45) is 5.92 Å². The predicted octanol–water partition coefficient (Wildman–Crippen LogP) is 6.32. The van der Waals surface area contributed by atoms with E-state index in [4.69, 9.17) is 4.74 Å². The molecule has 0 radical (unpaired) electrons. The third kappa shape index (κ3) is 14.5. The van der Waals surface area contributed by atoms with Crippen molar-refractivity contribution in [1.29, 1.82) is 0 Å². The number of ketones is 1. The molecule has 1 amide bonds. The Kier molecular flexibility index (Phi) is 17.7. The van der Waals surface area contributed by atoms with Gasteiger partial charge in [-0.2, -0.15) is 0 Å². The lowest BCUT2D eigenvalue weighted by Gasteiger charge is -2.29. The van der Waals surface area contributed by atoms with Crippen LogP contribution in [0.3, 0.4) is 0 Å². The fraction of sp³-hybridized carbons (Fsp3) is 0.486. The van der Waals surface area contributed by atoms with Crippen LogP contribution in [-0.2, 0) is 30.4 Å². The van der Waals surface area contributed by atoms with Gasteiger partial charge >= 0.3 is 17.9 Å². The molecule has 0 bridgehead atoms. The molecule has 3 atom stereocenters. The van der Waals surface area contributed by atoms with Gasteiger partial charge in [0.2, 0.25) is 5.91 Å². The number of hydrogen-bond donors (Lipinski definition) is 5. The second-order valence-electron chi connectivity index (χ2n) is 12.0. The fourth-order valence-corrected chi connectivity index (χ4v) is 5.25. The minimum absolute atomic E-state index is 0.171. The van der Waals surface area contributed by atoms with Crippen LogP contribution in [0.2, 0.25) is 0 Å². The Morgan fingerprint density at radius 2 is 1.38 bits per heavy atom. The number of nitrogens with one attached hydrogen (secondary N) is 1. The number of carbonyl (C=O) groups excluding carboxylic acids is 2. The normalized spacial score (nSPS) is 13.7. The lowest BCUT2D eigenvalue weighted by atomic mass is 9.82. The van der Waals surface area contributed by atoms with Crippen molar-refractivity contribution in [3.05, 3.63) is 72.3 Å². The molecule has 0 saturated carbocycles. The summed E-state index contributed by atoms with van der Waals surface area (Å²) in [4.78, 5) is 61.2. The highest BCUT2D eigenvalue weighted by Crippen LogP contribution is 2.26. The van der Waals surface area contributed by atoms with E-state index in [9.17, 15) is 44.4 Å². The zero-order chi connectivity index (χ0) is 35.4. The quantitative estimate of drug-likeness (QED) is 0.0592. The van der Waals surface area contributed by atoms with Gasteiger partial charge in [-0.1, -0.05) is 87.9 Å². The van der Waals surface area contributed by atoms with Crippen molar-refractivity contribution in [3.63, 3.8) is 0 Å². The number of ether oxygens (including phenoxy) is 1. The maximum atomic E-state index is 13.3. The fourth-order valence-electron chi connectivity index (χ4n) is 5.25. The highest BCUT2D eigenvalue weighted by molar-refractivity contribution is 5.94. The molecule has 0 aliphatic rings. The lowest BCUT2D eigenvalue weighted by molar-refractivity contribution is -0.172. The first-order valence-electron chi connectivity index (χ1n) is 16.7. The van der Waals surface area contributed by atoms with Crippen LogP contribution in [0.5, 0.6) is 11.5 Å². The molecule has 0 aliphatic heterocycles. The first-order valence-corrected chi connectivity index (χ1v) is 16.7. The molecule has 0 fully saturated rings. The van der Waals surface area contributed by atoms with Crippen molar-refractivity contribution < 1.29 is 49.1 Å². The molecule has 11 heteroatoms. The van der Waals surface area contributed by atoms with Crippen LogP contribution in [0.4, 0.5) is 0 Å². The Labute approximate surface area is 282 Å². The molecule has 2 rings (SSSR count). The molecule has 2 aromatic rings. The maximum Gasteiger partial charge on any atom is 0.337 e. The summed E-state index contributed by atoms with van der Waals surface area (Å²) < 4.78 is 5.74. The number of carboxylic acid groups (broad SMARTS) is 3. The molecular formula is C37H49NO10. The first-order chi connectivity index (χ1) is 23.0. The van der Waals surface area contributed by atoms with Crippen molar-refractivity contribution in [2.45, 2.75) is 108 Å². The molecule has 262 valence electrons. The highest BCUT2D eigenvalue weighted by atomic mass is 16.5. The molecular weight excluding hydrogens is 618 g/mol. The predicted molar refractivity (Wildman–Crippen MR) is 180 cm³/mol. The molecule has 0 aromatic heterocycles. The molecule has 0 aliphatic carbocycles. The summed E-state index contributed by atoms with van der Waals surface area (Å²) in [6.07, 6.45) is 11.3. The molecule has 2 aromatic carbocycles. The van der Waals surface area contributed by atoms with Gasteiger partial charge in [-0.05, 0) is 55.5 Å². The third-order valence-corrected chi connectivity index (χ3v) is 8.01. The molecule has 0 saturated heterocycles. The van der Waals surface area contributed by atoms with Crippen LogP contribution < -0.4 is 10.1 Å². The standard InChI is InChI=1S/C37H49NO10/c1-2-3-4-5-6-7-11-16-28(39)17-12-8-9-15-20-31(37(47,36(45)46)26-33(40)41)34(42)38-32(35(43)44)25-27-21-23-30(24-22-27)48-29-18-13-10-14-19-29/h10,13-15,18-24,31-32,47H,2-9,11-12,16-17,25-26H2,1H3,(H,38,42)(H,40,41)(H,43,44)(H,45,46)/b20-15+/t31-,32-,37-/m0/s1. The number of benzene rings is 2. The average Bonchev–Trinajstić information content (AvgIpc) is 3.04. The third-order valence-electron chi connectivity index (χ3n) is 8.01. The lowest BCUT2D eigenvalue weighted by Crippen LogP contribution is -2.55. The van der Waals surface area contributed by atoms with E-state index in [2.05, 4.69) is 12.2 Å². The van der Waals surface area contributed by atoms with Gasteiger partial charge in [0.05, 0.1) is 12.3 Å². The summed E-state index contributed by atoms with van der Waals surface area (Å²) >= 11 is 0. The molecule has 11 nitrogen and oxygen atoms in total. The molecule has 5 N–H and O–H groups in total. The van der Waals surface area contributed by atoms with Crippen molar-refractivity contribution in [1.82, 2.24) is 5.32 Å². The Morgan fingerprint density at radius 1 is 0.792 bits per heavy atom. The largest absolute Gasteiger partial charge is 0.481 e. The van der Waals surface area contributed by atoms with E-state index < -0.39 is 47.8 Å². The number of unbranched alkanes of at least 4 members (excludes halogenated alkanes) is 8. The number of carboxylic acids is 3. The van der Waals surface area contributed by atoms with E-state index in [0.717, 1.165) is 25.3 Å². The SMILES string of the molecule is CCCCCCCCCC(=O)CCCC/C=C/[C@@H](C(=O)N[C@@H](Cc1ccc(Oc2ccccc2)cc1)C(=O)O)[C@@](O)(CC(=O)O)C(=O)O. The van der Waals surface area contributed by atoms with Crippen LogP contribution in [0.15, 0.2) is 66.7 Å². The van der Waals surface area contributed by atoms with Crippen LogP contribution >= 0.6 is 0 Å². The highest BCUT2D eigenvalue weighted by Gasteiger charge is 2.49. The number of aliphatic hydroxyl groups is 1. The van der Waals surface area contributed by atoms with Gasteiger partial charge in [0.1, 0.15) is 23.3 Å². The van der Waals surface area contributed by atoms with E-state index in [-0.39, 0.29) is 12.2 Å². The van der Waals surface area contributed by atoms with E-state index in [1.807, 2.05) is 18.2 Å². The minimum Gasteiger partial charge on any atom is -0.481 e. The van der Waals surface area contributed by atoms with E-state index >= 15 is 0 Å². The van der Waals surface area contributed by atoms with Crippen LogP contribution in [0, 0.1) is 5.92 Å². The number of allylic oxidation sites excluding steroid dienone is 1. The van der Waals surface area contributed by atoms with Gasteiger partial charge in [0.25, 0.3) is 0 Å². The number of rotatable bonds is 25. The Hall–Kier alpha value is -4.51. The number of para-hydroxylation sites is 1. The Bertz CT molecular complexity index is 1340. The van der Waals surface area contributed by atoms with Crippen LogP contribution in [0.1, 0.15) is 96.0 Å². The summed E-state index contributed by atoms with van der Waals surface area (Å²) in [6.45, 7) is 2.17. The number of amides is 1. The summed E-state index contributed by atoms with van der Waals surface area (Å²) in [5, 5.41) is 42.1. The van der Waals surface area contributed by atoms with Gasteiger partial charge in [-0.15, -0.1) is 0 Å². The number of aliphatic carboxylic acids is 3. The molecule has 0 heterocycles. The number of carbonyl (C=O) groups is 5.